The highest BCUT2D eigenvalue weighted by molar-refractivity contribution is 6.01. The van der Waals surface area contributed by atoms with Crippen molar-refractivity contribution in [1.82, 2.24) is 9.88 Å². The molecule has 33 heavy (non-hydrogen) atoms. The van der Waals surface area contributed by atoms with Crippen LogP contribution in [0.4, 0.5) is 20.6 Å². The summed E-state index contributed by atoms with van der Waals surface area (Å²) in [5.41, 5.74) is 3.54. The molecule has 0 aliphatic carbocycles. The van der Waals surface area contributed by atoms with Crippen LogP contribution in [0.3, 0.4) is 0 Å². The van der Waals surface area contributed by atoms with Crippen LogP contribution >= 0.6 is 0 Å². The number of carbonyl (C=O) groups excluding carboxylic acids is 2. The molecule has 0 unspecified atom stereocenters. The summed E-state index contributed by atoms with van der Waals surface area (Å²) in [4.78, 5) is 33.8. The molecule has 0 radical (unpaired) electrons. The van der Waals surface area contributed by atoms with E-state index in [0.717, 1.165) is 29.3 Å². The zero-order valence-electron chi connectivity index (χ0n) is 18.6. The average Bonchev–Trinajstić information content (AvgIpc) is 3.39. The number of urea groups is 1. The van der Waals surface area contributed by atoms with Gasteiger partial charge in [-0.25, -0.2) is 15.8 Å². The molecule has 2 atom stereocenters. The number of aromatic nitrogens is 1. The van der Waals surface area contributed by atoms with Crippen LogP contribution in [0.25, 0.3) is 15.7 Å². The summed E-state index contributed by atoms with van der Waals surface area (Å²) in [6, 6.07) is 9.36. The number of H-pyrrole nitrogens is 1. The van der Waals surface area contributed by atoms with Crippen molar-refractivity contribution in [3.63, 3.8) is 0 Å². The summed E-state index contributed by atoms with van der Waals surface area (Å²) in [7, 11) is 0. The second-order valence-corrected chi connectivity index (χ2v) is 8.56. The summed E-state index contributed by atoms with van der Waals surface area (Å²) in [5, 5.41) is 6.34. The highest BCUT2D eigenvalue weighted by atomic mass is 19.1. The number of likely N-dealkylation sites (tertiary alicyclic amines) is 1. The zero-order valence-corrected chi connectivity index (χ0v) is 18.6. The van der Waals surface area contributed by atoms with Gasteiger partial charge in [0.2, 0.25) is 5.91 Å². The number of amides is 3. The molecule has 3 amide bonds. The van der Waals surface area contributed by atoms with Gasteiger partial charge in [0.25, 0.3) is 0 Å². The van der Waals surface area contributed by atoms with E-state index in [1.165, 1.54) is 12.1 Å². The first-order chi connectivity index (χ1) is 15.8. The number of benzene rings is 2. The molecule has 3 N–H and O–H groups in total. The maximum Gasteiger partial charge on any atom is 0.323 e. The highest BCUT2D eigenvalue weighted by Gasteiger charge is 2.35. The third-order valence-corrected chi connectivity index (χ3v) is 5.93. The number of anilines is 2. The Kier molecular flexibility index (Phi) is 6.31. The Morgan fingerprint density at radius 1 is 1.24 bits per heavy atom. The largest absolute Gasteiger partial charge is 0.361 e. The summed E-state index contributed by atoms with van der Waals surface area (Å²) in [5.74, 6) is -0.673. The first-order valence-electron chi connectivity index (χ1n) is 11.0. The van der Waals surface area contributed by atoms with Crippen LogP contribution in [-0.2, 0) is 11.2 Å². The van der Waals surface area contributed by atoms with E-state index in [-0.39, 0.29) is 18.0 Å². The molecule has 170 valence electrons. The van der Waals surface area contributed by atoms with Crippen molar-refractivity contribution in [3.05, 3.63) is 71.0 Å². The van der Waals surface area contributed by atoms with Crippen molar-refractivity contribution in [1.29, 1.82) is 0 Å². The standard InChI is InChI=1S/C25H26FN5O2/c1-15-9-18(26)12-20(10-15)30-25(33)29-19-6-7-22-21(13-19)17(14-28-22)11-16(2)24(32)31-8-4-5-23(31)27-3/h6-7,9-10,12-14,16,23,28H,4-5,8,11H2,1-2H3,(H2,29,30,33)/t16-,23+/m1/s1. The average molecular weight is 448 g/mol. The summed E-state index contributed by atoms with van der Waals surface area (Å²) in [6.07, 6.45) is 3.66. The molecule has 2 aromatic carbocycles. The number of hydrogen-bond acceptors (Lipinski definition) is 2. The molecular formula is C25H26FN5O2. The molecule has 1 saturated heterocycles. The van der Waals surface area contributed by atoms with Crippen molar-refractivity contribution in [2.75, 3.05) is 17.2 Å². The molecule has 8 heteroatoms. The van der Waals surface area contributed by atoms with Crippen LogP contribution in [0.15, 0.2) is 42.6 Å². The van der Waals surface area contributed by atoms with Crippen molar-refractivity contribution in [3.8, 4) is 0 Å². The number of aryl methyl sites for hydroxylation is 1. The van der Waals surface area contributed by atoms with E-state index in [2.05, 4.69) is 20.5 Å². The minimum atomic E-state index is -0.473. The Balaban J connectivity index is 1.46. The van der Waals surface area contributed by atoms with Crippen LogP contribution in [0.5, 0.6) is 0 Å². The Labute approximate surface area is 191 Å². The van der Waals surface area contributed by atoms with E-state index in [1.807, 2.05) is 25.3 Å². The first kappa shape index (κ1) is 22.3. The van der Waals surface area contributed by atoms with Gasteiger partial charge in [-0.1, -0.05) is 6.92 Å². The lowest BCUT2D eigenvalue weighted by Crippen LogP contribution is -2.38. The summed E-state index contributed by atoms with van der Waals surface area (Å²) >= 11 is 0. The topological polar surface area (TPSA) is 81.6 Å². The van der Waals surface area contributed by atoms with Gasteiger partial charge in [0, 0.05) is 47.4 Å². The van der Waals surface area contributed by atoms with Gasteiger partial charge in [-0.3, -0.25) is 14.5 Å². The van der Waals surface area contributed by atoms with Crippen LogP contribution in [0.1, 0.15) is 30.9 Å². The van der Waals surface area contributed by atoms with Crippen molar-refractivity contribution in [2.45, 2.75) is 39.3 Å². The minimum Gasteiger partial charge on any atom is -0.361 e. The monoisotopic (exact) mass is 447 g/mol. The maximum absolute atomic E-state index is 13.6. The zero-order chi connectivity index (χ0) is 23.5. The SMILES string of the molecule is [C-]#[N+][C@@H]1CCCN1C(=O)[C@H](C)Cc1c[nH]c2ccc(NC(=O)Nc3cc(C)cc(F)c3)cc12. The molecule has 1 aliphatic rings. The fourth-order valence-electron chi connectivity index (χ4n) is 4.37. The Morgan fingerprint density at radius 3 is 2.79 bits per heavy atom. The second-order valence-electron chi connectivity index (χ2n) is 8.56. The molecule has 1 fully saturated rings. The first-order valence-corrected chi connectivity index (χ1v) is 11.0. The molecule has 1 aliphatic heterocycles. The predicted octanol–water partition coefficient (Wildman–Crippen LogP) is 5.31. The number of fused-ring (bicyclic) bond motifs is 1. The third-order valence-electron chi connectivity index (χ3n) is 5.93. The third kappa shape index (κ3) is 4.98. The van der Waals surface area contributed by atoms with Gasteiger partial charge in [0.05, 0.1) is 0 Å². The van der Waals surface area contributed by atoms with Gasteiger partial charge in [-0.15, -0.1) is 0 Å². The molecule has 2 heterocycles. The number of nitrogens with zero attached hydrogens (tertiary/aromatic N) is 2. The van der Waals surface area contributed by atoms with Crippen molar-refractivity contribution < 1.29 is 14.0 Å². The number of nitrogens with one attached hydrogen (secondary N) is 3. The van der Waals surface area contributed by atoms with Gasteiger partial charge in [0.1, 0.15) is 5.82 Å². The van der Waals surface area contributed by atoms with E-state index in [1.54, 1.807) is 24.0 Å². The van der Waals surface area contributed by atoms with E-state index in [4.69, 9.17) is 6.57 Å². The normalized spacial score (nSPS) is 16.4. The van der Waals surface area contributed by atoms with E-state index < -0.39 is 11.8 Å². The molecule has 0 saturated carbocycles. The van der Waals surface area contributed by atoms with Crippen LogP contribution < -0.4 is 10.6 Å². The van der Waals surface area contributed by atoms with Crippen molar-refractivity contribution in [2.24, 2.45) is 5.92 Å². The Bertz CT molecular complexity index is 1230. The maximum atomic E-state index is 13.6. The molecule has 1 aromatic heterocycles. The van der Waals surface area contributed by atoms with Gasteiger partial charge < -0.3 is 15.6 Å². The summed E-state index contributed by atoms with van der Waals surface area (Å²) < 4.78 is 13.6. The lowest BCUT2D eigenvalue weighted by molar-refractivity contribution is -0.135. The smallest absolute Gasteiger partial charge is 0.323 e. The lowest BCUT2D eigenvalue weighted by atomic mass is 9.99. The number of rotatable bonds is 5. The van der Waals surface area contributed by atoms with Crippen LogP contribution in [0.2, 0.25) is 0 Å². The van der Waals surface area contributed by atoms with Crippen molar-refractivity contribution >= 4 is 34.2 Å². The number of aromatic amines is 1. The van der Waals surface area contributed by atoms with E-state index >= 15 is 0 Å². The quantitative estimate of drug-likeness (QED) is 0.464. The fraction of sp³-hybridized carbons (Fsp3) is 0.320. The lowest BCUT2D eigenvalue weighted by Gasteiger charge is -2.20. The molecule has 7 nitrogen and oxygen atoms in total. The van der Waals surface area contributed by atoms with E-state index in [9.17, 15) is 14.0 Å². The van der Waals surface area contributed by atoms with Crippen LogP contribution in [0, 0.1) is 25.2 Å². The number of hydrogen-bond donors (Lipinski definition) is 3. The summed E-state index contributed by atoms with van der Waals surface area (Å²) in [6.45, 7) is 11.6. The van der Waals surface area contributed by atoms with Gasteiger partial charge in [-0.2, -0.15) is 0 Å². The van der Waals surface area contributed by atoms with Gasteiger partial charge >= 0.3 is 12.2 Å². The highest BCUT2D eigenvalue weighted by Crippen LogP contribution is 2.27. The number of carbonyl (C=O) groups is 2. The second kappa shape index (κ2) is 9.33. The molecule has 4 rings (SSSR count). The van der Waals surface area contributed by atoms with Gasteiger partial charge in [-0.05, 0) is 67.3 Å². The Morgan fingerprint density at radius 2 is 2.03 bits per heavy atom. The number of halogens is 1. The minimum absolute atomic E-state index is 0.00175. The molecule has 0 spiro atoms. The van der Waals surface area contributed by atoms with Crippen LogP contribution in [-0.4, -0.2) is 34.5 Å². The Hall–Kier alpha value is -3.86. The molecular weight excluding hydrogens is 421 g/mol. The van der Waals surface area contributed by atoms with Gasteiger partial charge in [0.15, 0.2) is 0 Å². The molecule has 3 aromatic rings. The molecule has 0 bridgehead atoms. The predicted molar refractivity (Wildman–Crippen MR) is 126 cm³/mol. The fourth-order valence-corrected chi connectivity index (χ4v) is 4.37. The van der Waals surface area contributed by atoms with E-state index in [0.29, 0.717) is 29.9 Å².